The molecule has 23 heavy (non-hydrogen) atoms. The molecular weight excluding hydrogens is 292 g/mol. The summed E-state index contributed by atoms with van der Waals surface area (Å²) in [5.41, 5.74) is 1.78. The van der Waals surface area contributed by atoms with Gasteiger partial charge in [-0.3, -0.25) is 4.79 Å². The fraction of sp³-hybridized carbons (Fsp3) is 0.211. The third-order valence-electron chi connectivity index (χ3n) is 3.40. The van der Waals surface area contributed by atoms with Gasteiger partial charge in [-0.1, -0.05) is 30.2 Å². The molecule has 0 aliphatic heterocycles. The van der Waals surface area contributed by atoms with Crippen molar-refractivity contribution in [1.82, 2.24) is 0 Å². The third-order valence-corrected chi connectivity index (χ3v) is 3.40. The SMILES string of the molecule is C#C[C@H](CC(=O)O)c1cccc(OCc2ccc(OC)cc2)c1. The first-order valence-corrected chi connectivity index (χ1v) is 7.16. The van der Waals surface area contributed by atoms with Gasteiger partial charge >= 0.3 is 5.97 Å². The number of rotatable bonds is 7. The highest BCUT2D eigenvalue weighted by atomic mass is 16.5. The molecule has 118 valence electrons. The second-order valence-corrected chi connectivity index (χ2v) is 5.03. The van der Waals surface area contributed by atoms with Crippen LogP contribution in [0.4, 0.5) is 0 Å². The molecule has 4 nitrogen and oxygen atoms in total. The Balaban J connectivity index is 2.04. The minimum Gasteiger partial charge on any atom is -0.497 e. The van der Waals surface area contributed by atoms with Gasteiger partial charge in [-0.25, -0.2) is 0 Å². The number of aliphatic carboxylic acids is 1. The highest BCUT2D eigenvalue weighted by molar-refractivity contribution is 5.69. The molecular formula is C19H18O4. The van der Waals surface area contributed by atoms with Gasteiger partial charge in [-0.2, -0.15) is 0 Å². The van der Waals surface area contributed by atoms with Gasteiger partial charge in [0.2, 0.25) is 0 Å². The number of methoxy groups -OCH3 is 1. The van der Waals surface area contributed by atoms with Crippen molar-refractivity contribution in [3.05, 3.63) is 59.7 Å². The largest absolute Gasteiger partial charge is 0.497 e. The van der Waals surface area contributed by atoms with E-state index >= 15 is 0 Å². The highest BCUT2D eigenvalue weighted by Crippen LogP contribution is 2.24. The number of hydrogen-bond acceptors (Lipinski definition) is 3. The number of carboxylic acid groups (broad SMARTS) is 1. The second kappa shape index (κ2) is 7.90. The lowest BCUT2D eigenvalue weighted by Crippen LogP contribution is -2.04. The fourth-order valence-electron chi connectivity index (χ4n) is 2.16. The van der Waals surface area contributed by atoms with Crippen LogP contribution in [-0.4, -0.2) is 18.2 Å². The number of terminal acetylenes is 1. The average molecular weight is 310 g/mol. The molecule has 0 saturated heterocycles. The van der Waals surface area contributed by atoms with E-state index in [1.807, 2.05) is 42.5 Å². The van der Waals surface area contributed by atoms with Gasteiger partial charge in [0.05, 0.1) is 19.4 Å². The first kappa shape index (κ1) is 16.4. The van der Waals surface area contributed by atoms with Crippen LogP contribution in [0.2, 0.25) is 0 Å². The Morgan fingerprint density at radius 3 is 2.57 bits per heavy atom. The van der Waals surface area contributed by atoms with Crippen LogP contribution < -0.4 is 9.47 Å². The summed E-state index contributed by atoms with van der Waals surface area (Å²) in [7, 11) is 1.62. The lowest BCUT2D eigenvalue weighted by Gasteiger charge is -2.12. The van der Waals surface area contributed by atoms with E-state index in [9.17, 15) is 4.79 Å². The number of benzene rings is 2. The molecule has 0 heterocycles. The predicted molar refractivity (Wildman–Crippen MR) is 87.6 cm³/mol. The Morgan fingerprint density at radius 1 is 1.22 bits per heavy atom. The third kappa shape index (κ3) is 4.79. The van der Waals surface area contributed by atoms with Crippen LogP contribution in [0.5, 0.6) is 11.5 Å². The van der Waals surface area contributed by atoms with Crippen LogP contribution in [0.1, 0.15) is 23.5 Å². The Morgan fingerprint density at radius 2 is 1.96 bits per heavy atom. The maximum absolute atomic E-state index is 10.9. The number of hydrogen-bond donors (Lipinski definition) is 1. The van der Waals surface area contributed by atoms with Crippen molar-refractivity contribution < 1.29 is 19.4 Å². The fourth-order valence-corrected chi connectivity index (χ4v) is 2.16. The normalized spacial score (nSPS) is 11.3. The zero-order valence-corrected chi connectivity index (χ0v) is 12.9. The second-order valence-electron chi connectivity index (χ2n) is 5.03. The molecule has 0 fully saturated rings. The summed E-state index contributed by atoms with van der Waals surface area (Å²) < 4.78 is 10.9. The summed E-state index contributed by atoms with van der Waals surface area (Å²) in [6.45, 7) is 0.410. The van der Waals surface area contributed by atoms with Crippen molar-refractivity contribution in [2.24, 2.45) is 0 Å². The molecule has 0 aliphatic rings. The highest BCUT2D eigenvalue weighted by Gasteiger charge is 2.13. The van der Waals surface area contributed by atoms with Crippen LogP contribution in [0, 0.1) is 12.3 Å². The van der Waals surface area contributed by atoms with Crippen molar-refractivity contribution in [3.8, 4) is 23.8 Å². The zero-order chi connectivity index (χ0) is 16.7. The van der Waals surface area contributed by atoms with Gasteiger partial charge in [0.25, 0.3) is 0 Å². The summed E-state index contributed by atoms with van der Waals surface area (Å²) in [5, 5.41) is 8.90. The molecule has 1 atom stereocenters. The molecule has 0 aromatic heterocycles. The van der Waals surface area contributed by atoms with E-state index < -0.39 is 11.9 Å². The zero-order valence-electron chi connectivity index (χ0n) is 12.9. The number of ether oxygens (including phenoxy) is 2. The van der Waals surface area contributed by atoms with Crippen LogP contribution in [0.25, 0.3) is 0 Å². The van der Waals surface area contributed by atoms with Crippen LogP contribution in [0.3, 0.4) is 0 Å². The monoisotopic (exact) mass is 310 g/mol. The molecule has 1 N–H and O–H groups in total. The lowest BCUT2D eigenvalue weighted by molar-refractivity contribution is -0.137. The molecule has 4 heteroatoms. The van der Waals surface area contributed by atoms with Gasteiger partial charge in [-0.05, 0) is 35.4 Å². The maximum Gasteiger partial charge on any atom is 0.304 e. The molecule has 0 unspecified atom stereocenters. The topological polar surface area (TPSA) is 55.8 Å². The molecule has 0 aliphatic carbocycles. The average Bonchev–Trinajstić information content (AvgIpc) is 2.58. The molecule has 0 saturated carbocycles. The van der Waals surface area contributed by atoms with Crippen LogP contribution >= 0.6 is 0 Å². The van der Waals surface area contributed by atoms with Crippen molar-refractivity contribution in [3.63, 3.8) is 0 Å². The summed E-state index contributed by atoms with van der Waals surface area (Å²) in [6, 6.07) is 14.8. The van der Waals surface area contributed by atoms with Gasteiger partial charge in [0.1, 0.15) is 18.1 Å². The van der Waals surface area contributed by atoms with Crippen LogP contribution in [0.15, 0.2) is 48.5 Å². The Labute approximate surface area is 135 Å². The Hall–Kier alpha value is -2.93. The van der Waals surface area contributed by atoms with Crippen molar-refractivity contribution in [2.45, 2.75) is 18.9 Å². The van der Waals surface area contributed by atoms with E-state index in [1.54, 1.807) is 13.2 Å². The van der Waals surface area contributed by atoms with Crippen molar-refractivity contribution in [1.29, 1.82) is 0 Å². The van der Waals surface area contributed by atoms with Gasteiger partial charge in [-0.15, -0.1) is 6.42 Å². The van der Waals surface area contributed by atoms with Crippen molar-refractivity contribution >= 4 is 5.97 Å². The van der Waals surface area contributed by atoms with E-state index in [1.165, 1.54) is 0 Å². The summed E-state index contributed by atoms with van der Waals surface area (Å²) >= 11 is 0. The first-order valence-electron chi connectivity index (χ1n) is 7.16. The molecule has 2 aromatic carbocycles. The quantitative estimate of drug-likeness (QED) is 0.796. The smallest absolute Gasteiger partial charge is 0.304 e. The van der Waals surface area contributed by atoms with Crippen molar-refractivity contribution in [2.75, 3.05) is 7.11 Å². The first-order chi connectivity index (χ1) is 11.1. The standard InChI is InChI=1S/C19H18O4/c1-3-15(12-19(20)21)16-5-4-6-18(11-16)23-13-14-7-9-17(22-2)10-8-14/h1,4-11,15H,12-13H2,2H3,(H,20,21)/t15-/m1/s1. The van der Waals surface area contributed by atoms with E-state index in [0.717, 1.165) is 16.9 Å². The molecule has 0 radical (unpaired) electrons. The minimum atomic E-state index is -0.919. The molecule has 0 spiro atoms. The molecule has 2 rings (SSSR count). The molecule has 0 amide bonds. The van der Waals surface area contributed by atoms with Gasteiger partial charge in [0, 0.05) is 0 Å². The summed E-state index contributed by atoms with van der Waals surface area (Å²) in [5.74, 6) is 2.58. The summed E-state index contributed by atoms with van der Waals surface area (Å²) in [4.78, 5) is 10.9. The Bertz CT molecular complexity index is 698. The van der Waals surface area contributed by atoms with E-state index in [-0.39, 0.29) is 6.42 Å². The van der Waals surface area contributed by atoms with E-state index in [2.05, 4.69) is 5.92 Å². The predicted octanol–water partition coefficient (Wildman–Crippen LogP) is 3.47. The molecule has 2 aromatic rings. The van der Waals surface area contributed by atoms with Crippen LogP contribution in [-0.2, 0) is 11.4 Å². The maximum atomic E-state index is 10.9. The molecule has 0 bridgehead atoms. The van der Waals surface area contributed by atoms with Gasteiger partial charge < -0.3 is 14.6 Å². The Kier molecular flexibility index (Phi) is 5.65. The van der Waals surface area contributed by atoms with Gasteiger partial charge in [0.15, 0.2) is 0 Å². The lowest BCUT2D eigenvalue weighted by atomic mass is 9.96. The van der Waals surface area contributed by atoms with E-state index in [4.69, 9.17) is 21.0 Å². The van der Waals surface area contributed by atoms with E-state index in [0.29, 0.717) is 12.4 Å². The summed E-state index contributed by atoms with van der Waals surface area (Å²) in [6.07, 6.45) is 5.33. The number of carbonyl (C=O) groups is 1. The minimum absolute atomic E-state index is 0.0988. The number of carboxylic acids is 1.